The minimum atomic E-state index is 0.550. The van der Waals surface area contributed by atoms with Crippen LogP contribution in [0.1, 0.15) is 37.8 Å². The number of rotatable bonds is 4. The Kier molecular flexibility index (Phi) is 4.27. The number of nitrogens with one attached hydrogen (secondary N) is 1. The van der Waals surface area contributed by atoms with Crippen LogP contribution in [-0.4, -0.2) is 37.7 Å². The van der Waals surface area contributed by atoms with Crippen molar-refractivity contribution in [3.63, 3.8) is 0 Å². The summed E-state index contributed by atoms with van der Waals surface area (Å²) in [5, 5.41) is 3.58. The van der Waals surface area contributed by atoms with Gasteiger partial charge in [-0.25, -0.2) is 0 Å². The zero-order chi connectivity index (χ0) is 13.9. The molecule has 0 amide bonds. The van der Waals surface area contributed by atoms with Crippen LogP contribution >= 0.6 is 0 Å². The number of likely N-dealkylation sites (tertiary alicyclic amines) is 1. The van der Waals surface area contributed by atoms with E-state index < -0.39 is 0 Å². The number of piperidine rings is 1. The summed E-state index contributed by atoms with van der Waals surface area (Å²) in [6.07, 6.45) is 3.91. The van der Waals surface area contributed by atoms with E-state index in [1.165, 1.54) is 37.9 Å². The molecule has 0 bridgehead atoms. The molecular formula is C17H26N2O. The summed E-state index contributed by atoms with van der Waals surface area (Å²) in [5.41, 5.74) is 1.43. The minimum absolute atomic E-state index is 0.550. The molecule has 2 fully saturated rings. The molecule has 2 saturated heterocycles. The van der Waals surface area contributed by atoms with Gasteiger partial charge in [-0.15, -0.1) is 0 Å². The molecule has 110 valence electrons. The van der Waals surface area contributed by atoms with Gasteiger partial charge in [0.25, 0.3) is 0 Å². The summed E-state index contributed by atoms with van der Waals surface area (Å²) in [5.74, 6) is 1.80. The zero-order valence-corrected chi connectivity index (χ0v) is 12.6. The third-order valence-electron chi connectivity index (χ3n) is 5.01. The van der Waals surface area contributed by atoms with E-state index in [4.69, 9.17) is 4.74 Å². The number of ether oxygens (including phenoxy) is 1. The lowest BCUT2D eigenvalue weighted by atomic mass is 9.88. The molecule has 3 heteroatoms. The summed E-state index contributed by atoms with van der Waals surface area (Å²) >= 11 is 0. The quantitative estimate of drug-likeness (QED) is 0.913. The lowest BCUT2D eigenvalue weighted by Gasteiger charge is -2.42. The highest BCUT2D eigenvalue weighted by Crippen LogP contribution is 2.35. The first-order chi connectivity index (χ1) is 9.83. The topological polar surface area (TPSA) is 24.5 Å². The monoisotopic (exact) mass is 274 g/mol. The number of hydrogen-bond donors (Lipinski definition) is 1. The second-order valence-electron chi connectivity index (χ2n) is 6.06. The molecule has 1 N–H and O–H groups in total. The van der Waals surface area contributed by atoms with Gasteiger partial charge in [-0.1, -0.05) is 19.1 Å². The van der Waals surface area contributed by atoms with Gasteiger partial charge in [0, 0.05) is 18.6 Å². The highest BCUT2D eigenvalue weighted by atomic mass is 16.5. The average molecular weight is 274 g/mol. The molecule has 3 rings (SSSR count). The fraction of sp³-hybridized carbons (Fsp3) is 0.647. The first-order valence-electron chi connectivity index (χ1n) is 7.94. The minimum Gasteiger partial charge on any atom is -0.497 e. The Morgan fingerprint density at radius 1 is 1.30 bits per heavy atom. The van der Waals surface area contributed by atoms with Gasteiger partial charge < -0.3 is 10.1 Å². The van der Waals surface area contributed by atoms with E-state index in [-0.39, 0.29) is 0 Å². The Hall–Kier alpha value is -1.06. The van der Waals surface area contributed by atoms with E-state index in [1.807, 2.05) is 0 Å². The normalized spacial score (nSPS) is 28.1. The van der Waals surface area contributed by atoms with Gasteiger partial charge in [-0.2, -0.15) is 0 Å². The molecule has 3 nitrogen and oxygen atoms in total. The largest absolute Gasteiger partial charge is 0.497 e. The number of methoxy groups -OCH3 is 1. The second-order valence-corrected chi connectivity index (χ2v) is 6.06. The molecule has 3 unspecified atom stereocenters. The number of fused-ring (bicyclic) bond motifs is 1. The fourth-order valence-corrected chi connectivity index (χ4v) is 3.98. The molecule has 3 atom stereocenters. The molecule has 2 heterocycles. The van der Waals surface area contributed by atoms with Crippen molar-refractivity contribution in [2.75, 3.05) is 26.7 Å². The van der Waals surface area contributed by atoms with Crippen LogP contribution in [0.5, 0.6) is 5.75 Å². The van der Waals surface area contributed by atoms with Crippen LogP contribution < -0.4 is 10.1 Å². The number of benzene rings is 1. The maximum atomic E-state index is 5.27. The van der Waals surface area contributed by atoms with Crippen molar-refractivity contribution in [1.29, 1.82) is 0 Å². The first-order valence-corrected chi connectivity index (χ1v) is 7.94. The highest BCUT2D eigenvalue weighted by molar-refractivity contribution is 5.29. The van der Waals surface area contributed by atoms with Crippen LogP contribution in [0.25, 0.3) is 0 Å². The summed E-state index contributed by atoms with van der Waals surface area (Å²) in [6.45, 7) is 5.92. The predicted octanol–water partition coefficient (Wildman–Crippen LogP) is 2.83. The van der Waals surface area contributed by atoms with Crippen molar-refractivity contribution in [3.8, 4) is 5.75 Å². The summed E-state index contributed by atoms with van der Waals surface area (Å²) < 4.78 is 5.27. The van der Waals surface area contributed by atoms with E-state index in [2.05, 4.69) is 41.4 Å². The maximum absolute atomic E-state index is 5.27. The van der Waals surface area contributed by atoms with Gasteiger partial charge in [-0.05, 0) is 56.0 Å². The molecule has 0 aromatic heterocycles. The van der Waals surface area contributed by atoms with E-state index in [1.54, 1.807) is 7.11 Å². The van der Waals surface area contributed by atoms with Crippen molar-refractivity contribution in [2.45, 2.75) is 38.3 Å². The van der Waals surface area contributed by atoms with Gasteiger partial charge in [0.15, 0.2) is 0 Å². The van der Waals surface area contributed by atoms with E-state index in [0.717, 1.165) is 24.3 Å². The van der Waals surface area contributed by atoms with Gasteiger partial charge in [0.05, 0.1) is 7.11 Å². The van der Waals surface area contributed by atoms with E-state index in [9.17, 15) is 0 Å². The molecule has 1 aromatic rings. The number of hydrogen-bond acceptors (Lipinski definition) is 3. The summed E-state index contributed by atoms with van der Waals surface area (Å²) in [6, 6.07) is 9.93. The Balaban J connectivity index is 1.80. The molecule has 2 aliphatic heterocycles. The average Bonchev–Trinajstić information content (AvgIpc) is 2.98. The van der Waals surface area contributed by atoms with Crippen LogP contribution in [0.2, 0.25) is 0 Å². The Morgan fingerprint density at radius 2 is 2.10 bits per heavy atom. The van der Waals surface area contributed by atoms with Crippen molar-refractivity contribution in [1.82, 2.24) is 10.2 Å². The van der Waals surface area contributed by atoms with Crippen LogP contribution in [0.4, 0.5) is 0 Å². The maximum Gasteiger partial charge on any atom is 0.118 e. The summed E-state index contributed by atoms with van der Waals surface area (Å²) in [7, 11) is 1.73. The van der Waals surface area contributed by atoms with Crippen LogP contribution in [-0.2, 0) is 0 Å². The molecule has 0 radical (unpaired) electrons. The fourth-order valence-electron chi connectivity index (χ4n) is 3.98. The van der Waals surface area contributed by atoms with E-state index in [0.29, 0.717) is 6.04 Å². The van der Waals surface area contributed by atoms with Crippen molar-refractivity contribution in [3.05, 3.63) is 29.8 Å². The molecule has 1 aromatic carbocycles. The van der Waals surface area contributed by atoms with Crippen LogP contribution in [0, 0.1) is 5.92 Å². The Bertz CT molecular complexity index is 431. The van der Waals surface area contributed by atoms with Gasteiger partial charge in [0.1, 0.15) is 5.75 Å². The predicted molar refractivity (Wildman–Crippen MR) is 82.1 cm³/mol. The van der Waals surface area contributed by atoms with Crippen LogP contribution in [0.3, 0.4) is 0 Å². The number of nitrogens with zero attached hydrogens (tertiary/aromatic N) is 1. The second kappa shape index (κ2) is 6.15. The molecule has 2 aliphatic rings. The Labute approximate surface area is 122 Å². The smallest absolute Gasteiger partial charge is 0.118 e. The summed E-state index contributed by atoms with van der Waals surface area (Å²) in [4.78, 5) is 2.75. The van der Waals surface area contributed by atoms with Crippen molar-refractivity contribution >= 4 is 0 Å². The molecular weight excluding hydrogens is 248 g/mol. The van der Waals surface area contributed by atoms with E-state index >= 15 is 0 Å². The lowest BCUT2D eigenvalue weighted by molar-refractivity contribution is 0.0744. The van der Waals surface area contributed by atoms with Gasteiger partial charge in [0.2, 0.25) is 0 Å². The third kappa shape index (κ3) is 2.57. The Morgan fingerprint density at radius 3 is 2.80 bits per heavy atom. The standard InChI is InChI=1S/C17H26N2O/c1-3-16(13-6-8-15(20-2)9-7-13)19-10-4-5-14-11-18-12-17(14)19/h6-9,14,16-18H,3-5,10-12H2,1-2H3. The van der Waals surface area contributed by atoms with Gasteiger partial charge in [-0.3, -0.25) is 4.90 Å². The van der Waals surface area contributed by atoms with Crippen LogP contribution in [0.15, 0.2) is 24.3 Å². The molecule has 20 heavy (non-hydrogen) atoms. The SMILES string of the molecule is CCC(c1ccc(OC)cc1)N1CCCC2CNCC21. The third-order valence-corrected chi connectivity index (χ3v) is 5.01. The highest BCUT2D eigenvalue weighted by Gasteiger charge is 2.37. The zero-order valence-electron chi connectivity index (χ0n) is 12.6. The molecule has 0 saturated carbocycles. The molecule has 0 spiro atoms. The molecule has 0 aliphatic carbocycles. The van der Waals surface area contributed by atoms with Gasteiger partial charge >= 0.3 is 0 Å². The van der Waals surface area contributed by atoms with Crippen molar-refractivity contribution in [2.24, 2.45) is 5.92 Å². The first kappa shape index (κ1) is 13.9. The van der Waals surface area contributed by atoms with Crippen molar-refractivity contribution < 1.29 is 4.74 Å². The lowest BCUT2D eigenvalue weighted by Crippen LogP contribution is -2.46.